The molecular formula is C25H26N2O5. The van der Waals surface area contributed by atoms with Crippen molar-refractivity contribution < 1.29 is 23.8 Å². The monoisotopic (exact) mass is 434 g/mol. The summed E-state index contributed by atoms with van der Waals surface area (Å²) in [6.45, 7) is 3.25. The second-order valence-electron chi connectivity index (χ2n) is 6.72. The number of carbonyl (C=O) groups excluding carboxylic acids is 2. The van der Waals surface area contributed by atoms with Gasteiger partial charge >= 0.3 is 0 Å². The molecule has 0 aliphatic heterocycles. The topological polar surface area (TPSA) is 85.9 Å². The van der Waals surface area contributed by atoms with Crippen molar-refractivity contribution in [2.45, 2.75) is 6.92 Å². The third-order valence-electron chi connectivity index (χ3n) is 4.46. The van der Waals surface area contributed by atoms with Crippen LogP contribution >= 0.6 is 0 Å². The van der Waals surface area contributed by atoms with E-state index >= 15 is 0 Å². The van der Waals surface area contributed by atoms with Gasteiger partial charge in [0.05, 0.1) is 6.61 Å². The number of nitrogens with one attached hydrogen (secondary N) is 2. The summed E-state index contributed by atoms with van der Waals surface area (Å²) in [6.07, 6.45) is 0. The number of ether oxygens (including phenoxy) is 3. The fourth-order valence-corrected chi connectivity index (χ4v) is 2.89. The first kappa shape index (κ1) is 22.8. The van der Waals surface area contributed by atoms with Gasteiger partial charge in [-0.15, -0.1) is 0 Å². The lowest BCUT2D eigenvalue weighted by molar-refractivity contribution is -0.123. The van der Waals surface area contributed by atoms with Crippen LogP contribution in [0, 0.1) is 0 Å². The van der Waals surface area contributed by atoms with Gasteiger partial charge in [0.25, 0.3) is 11.8 Å². The molecule has 0 saturated carbocycles. The van der Waals surface area contributed by atoms with Crippen LogP contribution in [0.4, 0.5) is 0 Å². The smallest absolute Gasteiger partial charge is 0.276 e. The Kier molecular flexibility index (Phi) is 8.65. The summed E-state index contributed by atoms with van der Waals surface area (Å²) in [6, 6.07) is 23.8. The summed E-state index contributed by atoms with van der Waals surface area (Å²) in [4.78, 5) is 24.4. The first-order valence-corrected chi connectivity index (χ1v) is 10.3. The summed E-state index contributed by atoms with van der Waals surface area (Å²) in [5.74, 6) is 0.303. The molecule has 3 aromatic rings. The molecule has 7 heteroatoms. The summed E-state index contributed by atoms with van der Waals surface area (Å²) >= 11 is 0. The van der Waals surface area contributed by atoms with Crippen molar-refractivity contribution in [3.8, 4) is 22.6 Å². The minimum Gasteiger partial charge on any atom is -0.491 e. The van der Waals surface area contributed by atoms with E-state index in [-0.39, 0.29) is 6.61 Å². The SMILES string of the molecule is CCOCCOc1ccc(C(=O)NNC(=O)COc2ccccc2-c2ccccc2)cc1. The van der Waals surface area contributed by atoms with Crippen LogP contribution in [-0.4, -0.2) is 38.2 Å². The van der Waals surface area contributed by atoms with E-state index in [0.717, 1.165) is 11.1 Å². The number of carbonyl (C=O) groups is 2. The lowest BCUT2D eigenvalue weighted by atomic mass is 10.1. The molecule has 0 aliphatic rings. The molecule has 2 N–H and O–H groups in total. The second-order valence-corrected chi connectivity index (χ2v) is 6.72. The van der Waals surface area contributed by atoms with Crippen LogP contribution in [0.2, 0.25) is 0 Å². The van der Waals surface area contributed by atoms with Crippen LogP contribution in [0.25, 0.3) is 11.1 Å². The maximum atomic E-state index is 12.2. The van der Waals surface area contributed by atoms with E-state index in [0.29, 0.717) is 36.9 Å². The predicted molar refractivity (Wildman–Crippen MR) is 121 cm³/mol. The molecule has 0 unspecified atom stereocenters. The molecule has 0 aromatic heterocycles. The summed E-state index contributed by atoms with van der Waals surface area (Å²) in [5, 5.41) is 0. The third-order valence-corrected chi connectivity index (χ3v) is 4.46. The number of hydrogen-bond donors (Lipinski definition) is 2. The van der Waals surface area contributed by atoms with E-state index in [4.69, 9.17) is 14.2 Å². The maximum absolute atomic E-state index is 12.2. The Balaban J connectivity index is 1.46. The standard InChI is InChI=1S/C25H26N2O5/c1-2-30-16-17-31-21-14-12-20(13-15-21)25(29)27-26-24(28)18-32-23-11-7-6-10-22(23)19-8-4-3-5-9-19/h3-15H,2,16-18H2,1H3,(H,26,28)(H,27,29). The van der Waals surface area contributed by atoms with Crippen LogP contribution < -0.4 is 20.3 Å². The lowest BCUT2D eigenvalue weighted by Crippen LogP contribution is -2.43. The van der Waals surface area contributed by atoms with Crippen molar-refractivity contribution >= 4 is 11.8 Å². The highest BCUT2D eigenvalue weighted by Crippen LogP contribution is 2.29. The average molecular weight is 434 g/mol. The third kappa shape index (κ3) is 6.85. The summed E-state index contributed by atoms with van der Waals surface area (Å²) in [7, 11) is 0. The Hall–Kier alpha value is -3.84. The largest absolute Gasteiger partial charge is 0.491 e. The Morgan fingerprint density at radius 2 is 1.50 bits per heavy atom. The van der Waals surface area contributed by atoms with Crippen LogP contribution in [0.15, 0.2) is 78.9 Å². The zero-order chi connectivity index (χ0) is 22.6. The normalized spacial score (nSPS) is 10.3. The molecule has 32 heavy (non-hydrogen) atoms. The van der Waals surface area contributed by atoms with E-state index in [1.54, 1.807) is 30.3 Å². The zero-order valence-corrected chi connectivity index (χ0v) is 17.9. The minimum absolute atomic E-state index is 0.239. The van der Waals surface area contributed by atoms with Crippen LogP contribution in [-0.2, 0) is 9.53 Å². The summed E-state index contributed by atoms with van der Waals surface area (Å²) in [5.41, 5.74) is 7.00. The number of hydrogen-bond acceptors (Lipinski definition) is 5. The van der Waals surface area contributed by atoms with Gasteiger partial charge in [-0.3, -0.25) is 20.4 Å². The van der Waals surface area contributed by atoms with Crippen molar-refractivity contribution in [1.82, 2.24) is 10.9 Å². The predicted octanol–water partition coefficient (Wildman–Crippen LogP) is 3.61. The molecule has 0 atom stereocenters. The molecule has 0 fully saturated rings. The molecule has 0 radical (unpaired) electrons. The van der Waals surface area contributed by atoms with Gasteiger partial charge in [0.1, 0.15) is 18.1 Å². The summed E-state index contributed by atoms with van der Waals surface area (Å²) < 4.78 is 16.4. The van der Waals surface area contributed by atoms with E-state index in [1.165, 1.54) is 0 Å². The van der Waals surface area contributed by atoms with Gasteiger partial charge in [0.2, 0.25) is 0 Å². The molecule has 0 heterocycles. The zero-order valence-electron chi connectivity index (χ0n) is 17.9. The quantitative estimate of drug-likeness (QED) is 0.376. The van der Waals surface area contributed by atoms with Crippen LogP contribution in [0.3, 0.4) is 0 Å². The second kappa shape index (κ2) is 12.1. The van der Waals surface area contributed by atoms with E-state index < -0.39 is 11.8 Å². The van der Waals surface area contributed by atoms with Crippen LogP contribution in [0.1, 0.15) is 17.3 Å². The number of rotatable bonds is 10. The van der Waals surface area contributed by atoms with Gasteiger partial charge in [-0.25, -0.2) is 0 Å². The highest BCUT2D eigenvalue weighted by molar-refractivity contribution is 5.95. The van der Waals surface area contributed by atoms with Gasteiger partial charge in [0, 0.05) is 17.7 Å². The molecule has 3 rings (SSSR count). The van der Waals surface area contributed by atoms with Crippen molar-refractivity contribution in [1.29, 1.82) is 0 Å². The Morgan fingerprint density at radius 3 is 2.25 bits per heavy atom. The number of para-hydroxylation sites is 1. The fraction of sp³-hybridized carbons (Fsp3) is 0.200. The van der Waals surface area contributed by atoms with Crippen molar-refractivity contribution in [3.63, 3.8) is 0 Å². The number of benzene rings is 3. The average Bonchev–Trinajstić information content (AvgIpc) is 2.85. The molecule has 0 spiro atoms. The van der Waals surface area contributed by atoms with Gasteiger partial charge in [-0.1, -0.05) is 48.5 Å². The molecule has 0 aliphatic carbocycles. The van der Waals surface area contributed by atoms with Gasteiger partial charge in [-0.2, -0.15) is 0 Å². The number of amides is 2. The Labute approximate surface area is 187 Å². The molecule has 0 bridgehead atoms. The van der Waals surface area contributed by atoms with Gasteiger partial charge in [0.15, 0.2) is 6.61 Å². The number of hydrazine groups is 1. The van der Waals surface area contributed by atoms with Crippen molar-refractivity contribution in [2.24, 2.45) is 0 Å². The van der Waals surface area contributed by atoms with Gasteiger partial charge in [-0.05, 0) is 42.8 Å². The van der Waals surface area contributed by atoms with Crippen molar-refractivity contribution in [2.75, 3.05) is 26.4 Å². The maximum Gasteiger partial charge on any atom is 0.276 e. The molecule has 0 saturated heterocycles. The van der Waals surface area contributed by atoms with Crippen molar-refractivity contribution in [3.05, 3.63) is 84.4 Å². The van der Waals surface area contributed by atoms with E-state index in [1.807, 2.05) is 55.5 Å². The molecule has 3 aromatic carbocycles. The minimum atomic E-state index is -0.475. The molecular weight excluding hydrogens is 408 g/mol. The lowest BCUT2D eigenvalue weighted by Gasteiger charge is -2.12. The first-order chi connectivity index (χ1) is 15.7. The van der Waals surface area contributed by atoms with Gasteiger partial charge < -0.3 is 14.2 Å². The molecule has 166 valence electrons. The van der Waals surface area contributed by atoms with E-state index in [2.05, 4.69) is 10.9 Å². The highest BCUT2D eigenvalue weighted by Gasteiger charge is 2.10. The van der Waals surface area contributed by atoms with Crippen LogP contribution in [0.5, 0.6) is 11.5 Å². The fourth-order valence-electron chi connectivity index (χ4n) is 2.89. The Morgan fingerprint density at radius 1 is 0.781 bits per heavy atom. The highest BCUT2D eigenvalue weighted by atomic mass is 16.5. The first-order valence-electron chi connectivity index (χ1n) is 10.3. The Bertz CT molecular complexity index is 1010. The molecule has 2 amide bonds. The molecule has 7 nitrogen and oxygen atoms in total. The van der Waals surface area contributed by atoms with E-state index in [9.17, 15) is 9.59 Å².